The summed E-state index contributed by atoms with van der Waals surface area (Å²) in [5, 5.41) is 9.32. The fourth-order valence-corrected chi connectivity index (χ4v) is 2.37. The molecule has 0 spiro atoms. The molecule has 0 aliphatic carbocycles. The zero-order chi connectivity index (χ0) is 9.97. The average molecular weight is 214 g/mol. The smallest absolute Gasteiger partial charge is 0.124 e. The van der Waals surface area contributed by atoms with E-state index in [1.807, 2.05) is 6.07 Å². The molecule has 76 valence electrons. The third-order valence-corrected chi connectivity index (χ3v) is 3.14. The van der Waals surface area contributed by atoms with E-state index in [1.165, 1.54) is 12.1 Å². The van der Waals surface area contributed by atoms with E-state index in [-0.39, 0.29) is 12.4 Å². The van der Waals surface area contributed by atoms with Gasteiger partial charge in [-0.3, -0.25) is 0 Å². The number of benzene rings is 1. The third kappa shape index (κ3) is 2.26. The van der Waals surface area contributed by atoms with Crippen LogP contribution in [0.25, 0.3) is 0 Å². The van der Waals surface area contributed by atoms with E-state index in [4.69, 9.17) is 9.84 Å². The van der Waals surface area contributed by atoms with E-state index < -0.39 is 0 Å². The van der Waals surface area contributed by atoms with Crippen LogP contribution in [0.5, 0.6) is 0 Å². The average Bonchev–Trinajstić information content (AvgIpc) is 2.10. The predicted octanol–water partition coefficient (Wildman–Crippen LogP) is 1.81. The minimum Gasteiger partial charge on any atom is -0.392 e. The van der Waals surface area contributed by atoms with Gasteiger partial charge in [-0.25, -0.2) is 4.39 Å². The van der Waals surface area contributed by atoms with Gasteiger partial charge in [0, 0.05) is 4.90 Å². The van der Waals surface area contributed by atoms with Crippen LogP contribution in [0.1, 0.15) is 5.56 Å². The molecule has 1 aliphatic heterocycles. The first-order valence-corrected chi connectivity index (χ1v) is 5.30. The van der Waals surface area contributed by atoms with Crippen LogP contribution in [0.2, 0.25) is 0 Å². The van der Waals surface area contributed by atoms with Crippen molar-refractivity contribution >= 4 is 11.8 Å². The van der Waals surface area contributed by atoms with Gasteiger partial charge in [0.15, 0.2) is 0 Å². The highest BCUT2D eigenvalue weighted by Crippen LogP contribution is 2.29. The second-order valence-electron chi connectivity index (χ2n) is 3.23. The van der Waals surface area contributed by atoms with Gasteiger partial charge in [0.1, 0.15) is 5.82 Å². The molecule has 0 aromatic heterocycles. The van der Waals surface area contributed by atoms with Gasteiger partial charge in [-0.15, -0.1) is 11.8 Å². The van der Waals surface area contributed by atoms with Crippen molar-refractivity contribution < 1.29 is 14.2 Å². The van der Waals surface area contributed by atoms with Crippen LogP contribution >= 0.6 is 11.8 Å². The Bertz CT molecular complexity index is 326. The predicted molar refractivity (Wildman–Crippen MR) is 52.8 cm³/mol. The van der Waals surface area contributed by atoms with Gasteiger partial charge in [-0.1, -0.05) is 0 Å². The highest BCUT2D eigenvalue weighted by atomic mass is 32.2. The number of hydrogen-bond acceptors (Lipinski definition) is 3. The maximum Gasteiger partial charge on any atom is 0.124 e. The van der Waals surface area contributed by atoms with Crippen molar-refractivity contribution in [3.63, 3.8) is 0 Å². The molecule has 0 atom stereocenters. The summed E-state index contributed by atoms with van der Waals surface area (Å²) < 4.78 is 18.1. The Morgan fingerprint density at radius 3 is 2.79 bits per heavy atom. The van der Waals surface area contributed by atoms with Gasteiger partial charge in [-0.05, 0) is 23.8 Å². The first kappa shape index (κ1) is 9.96. The lowest BCUT2D eigenvalue weighted by molar-refractivity contribution is 0.0455. The quantitative estimate of drug-likeness (QED) is 0.832. The van der Waals surface area contributed by atoms with Crippen LogP contribution in [0, 0.1) is 5.82 Å². The molecule has 0 saturated carbocycles. The third-order valence-electron chi connectivity index (χ3n) is 2.02. The van der Waals surface area contributed by atoms with Crippen molar-refractivity contribution in [2.24, 2.45) is 0 Å². The summed E-state index contributed by atoms with van der Waals surface area (Å²) in [5.41, 5.74) is 0.618. The minimum atomic E-state index is -0.292. The van der Waals surface area contributed by atoms with Gasteiger partial charge >= 0.3 is 0 Å². The molecule has 2 nitrogen and oxygen atoms in total. The summed E-state index contributed by atoms with van der Waals surface area (Å²) in [6.07, 6.45) is 0. The van der Waals surface area contributed by atoms with Crippen LogP contribution in [-0.4, -0.2) is 23.6 Å². The molecule has 14 heavy (non-hydrogen) atoms. The number of hydrogen-bond donors (Lipinski definition) is 1. The monoisotopic (exact) mass is 214 g/mol. The summed E-state index contributed by atoms with van der Waals surface area (Å²) in [5.74, 6) is -0.292. The highest BCUT2D eigenvalue weighted by Gasteiger charge is 2.19. The number of ether oxygens (including phenoxy) is 1. The van der Waals surface area contributed by atoms with E-state index in [2.05, 4.69) is 0 Å². The Hall–Kier alpha value is -0.580. The molecule has 1 N–H and O–H groups in total. The maximum absolute atomic E-state index is 13.0. The van der Waals surface area contributed by atoms with E-state index in [0.29, 0.717) is 10.8 Å². The molecule has 0 amide bonds. The van der Waals surface area contributed by atoms with Crippen molar-refractivity contribution in [1.82, 2.24) is 0 Å². The van der Waals surface area contributed by atoms with Crippen molar-refractivity contribution in [1.29, 1.82) is 0 Å². The molecule has 1 aliphatic rings. The fraction of sp³-hybridized carbons (Fsp3) is 0.400. The lowest BCUT2D eigenvalue weighted by atomic mass is 10.2. The lowest BCUT2D eigenvalue weighted by Crippen LogP contribution is -2.30. The zero-order valence-electron chi connectivity index (χ0n) is 7.57. The Morgan fingerprint density at radius 1 is 1.43 bits per heavy atom. The standard InChI is InChI=1S/C10H11FO2S/c11-8-1-7(4-12)2-9(3-8)14-10-5-13-6-10/h1-3,10,12H,4-6H2. The van der Waals surface area contributed by atoms with Gasteiger partial charge in [0.2, 0.25) is 0 Å². The van der Waals surface area contributed by atoms with Crippen LogP contribution in [0.15, 0.2) is 23.1 Å². The number of aliphatic hydroxyl groups excluding tert-OH is 1. The van der Waals surface area contributed by atoms with Crippen LogP contribution < -0.4 is 0 Å². The molecule has 1 aromatic rings. The van der Waals surface area contributed by atoms with Crippen molar-refractivity contribution in [2.75, 3.05) is 13.2 Å². The van der Waals surface area contributed by atoms with Gasteiger partial charge in [0.05, 0.1) is 25.1 Å². The molecule has 1 fully saturated rings. The van der Waals surface area contributed by atoms with Crippen molar-refractivity contribution in [2.45, 2.75) is 16.8 Å². The molecule has 0 radical (unpaired) electrons. The topological polar surface area (TPSA) is 29.5 Å². The molecular weight excluding hydrogens is 203 g/mol. The molecule has 1 saturated heterocycles. The lowest BCUT2D eigenvalue weighted by Gasteiger charge is -2.25. The van der Waals surface area contributed by atoms with Crippen molar-refractivity contribution in [3.05, 3.63) is 29.6 Å². The van der Waals surface area contributed by atoms with Gasteiger partial charge in [-0.2, -0.15) is 0 Å². The van der Waals surface area contributed by atoms with Gasteiger partial charge < -0.3 is 9.84 Å². The molecule has 1 heterocycles. The maximum atomic E-state index is 13.0. The number of thioether (sulfide) groups is 1. The molecule has 2 rings (SSSR count). The minimum absolute atomic E-state index is 0.119. The van der Waals surface area contributed by atoms with E-state index in [9.17, 15) is 4.39 Å². The summed E-state index contributed by atoms with van der Waals surface area (Å²) >= 11 is 1.60. The molecule has 4 heteroatoms. The summed E-state index contributed by atoms with van der Waals surface area (Å²) in [4.78, 5) is 0.863. The Labute approximate surface area is 86.1 Å². The molecule has 0 bridgehead atoms. The van der Waals surface area contributed by atoms with E-state index in [0.717, 1.165) is 18.1 Å². The van der Waals surface area contributed by atoms with Crippen LogP contribution in [0.4, 0.5) is 4.39 Å². The first-order valence-electron chi connectivity index (χ1n) is 4.42. The first-order chi connectivity index (χ1) is 6.78. The molecule has 1 aromatic carbocycles. The fourth-order valence-electron chi connectivity index (χ4n) is 1.25. The number of aliphatic hydroxyl groups is 1. The van der Waals surface area contributed by atoms with Gasteiger partial charge in [0.25, 0.3) is 0 Å². The summed E-state index contributed by atoms with van der Waals surface area (Å²) in [7, 11) is 0. The molecular formula is C10H11FO2S. The van der Waals surface area contributed by atoms with Crippen LogP contribution in [-0.2, 0) is 11.3 Å². The SMILES string of the molecule is OCc1cc(F)cc(SC2COC2)c1. The summed E-state index contributed by atoms with van der Waals surface area (Å²) in [6, 6.07) is 4.65. The van der Waals surface area contributed by atoms with E-state index in [1.54, 1.807) is 11.8 Å². The van der Waals surface area contributed by atoms with E-state index >= 15 is 0 Å². The Kier molecular flexibility index (Phi) is 3.05. The second-order valence-corrected chi connectivity index (χ2v) is 4.60. The number of rotatable bonds is 3. The summed E-state index contributed by atoms with van der Waals surface area (Å²) in [6.45, 7) is 1.35. The highest BCUT2D eigenvalue weighted by molar-refractivity contribution is 8.00. The molecule has 0 unspecified atom stereocenters. The van der Waals surface area contributed by atoms with Crippen molar-refractivity contribution in [3.8, 4) is 0 Å². The Balaban J connectivity index is 2.11. The largest absolute Gasteiger partial charge is 0.392 e. The van der Waals surface area contributed by atoms with Crippen LogP contribution in [0.3, 0.4) is 0 Å². The second kappa shape index (κ2) is 4.29. The normalized spacial score (nSPS) is 16.7. The number of halogens is 1. The zero-order valence-corrected chi connectivity index (χ0v) is 8.39. The Morgan fingerprint density at radius 2 is 2.21 bits per heavy atom.